The lowest BCUT2D eigenvalue weighted by Gasteiger charge is -2.30. The number of hydrogen-bond donors (Lipinski definition) is 1. The third-order valence-corrected chi connectivity index (χ3v) is 12.0. The normalized spacial score (nSPS) is 14.0. The highest BCUT2D eigenvalue weighted by molar-refractivity contribution is 7.89. The van der Waals surface area contributed by atoms with Gasteiger partial charge in [0.25, 0.3) is 5.91 Å². The molecule has 0 saturated heterocycles. The molecule has 0 radical (unpaired) electrons. The summed E-state index contributed by atoms with van der Waals surface area (Å²) in [6, 6.07) is 24.3. The molecule has 0 atom stereocenters. The second-order valence-electron chi connectivity index (χ2n) is 10.9. The Morgan fingerprint density at radius 1 is 1.00 bits per heavy atom. The summed E-state index contributed by atoms with van der Waals surface area (Å²) >= 11 is 3.26. The Balaban J connectivity index is 1.28. The van der Waals surface area contributed by atoms with E-state index in [4.69, 9.17) is 4.98 Å². The number of rotatable bonds is 9. The molecule has 0 unspecified atom stereocenters. The van der Waals surface area contributed by atoms with E-state index in [9.17, 15) is 13.2 Å². The second-order valence-corrected chi connectivity index (χ2v) is 15.0. The van der Waals surface area contributed by atoms with E-state index in [1.165, 1.54) is 26.9 Å². The number of para-hydroxylation sites is 1. The van der Waals surface area contributed by atoms with E-state index in [0.29, 0.717) is 18.2 Å². The van der Waals surface area contributed by atoms with Gasteiger partial charge >= 0.3 is 0 Å². The molecule has 3 aromatic carbocycles. The first-order chi connectivity index (χ1) is 20.7. The molecule has 0 saturated carbocycles. The minimum Gasteiger partial charge on any atom is -0.313 e. The number of carbonyl (C=O) groups is 1. The lowest BCUT2D eigenvalue weighted by atomic mass is 10.0. The number of hydrogen-bond acceptors (Lipinski definition) is 7. The summed E-state index contributed by atoms with van der Waals surface area (Å²) < 4.78 is 29.4. The molecule has 5 aromatic rings. The molecule has 222 valence electrons. The van der Waals surface area contributed by atoms with Crippen LogP contribution in [0.15, 0.2) is 83.8 Å². The van der Waals surface area contributed by atoms with Crippen molar-refractivity contribution in [2.75, 3.05) is 18.4 Å². The van der Waals surface area contributed by atoms with Gasteiger partial charge < -0.3 is 5.32 Å². The third kappa shape index (κ3) is 6.03. The number of nitrogens with one attached hydrogen (secondary N) is 1. The van der Waals surface area contributed by atoms with E-state index in [2.05, 4.69) is 30.1 Å². The van der Waals surface area contributed by atoms with Gasteiger partial charge in [0.05, 0.1) is 15.1 Å². The number of carbonyl (C=O) groups excluding carboxylic acids is 1. The Morgan fingerprint density at radius 3 is 2.42 bits per heavy atom. The highest BCUT2D eigenvalue weighted by Gasteiger charge is 2.29. The van der Waals surface area contributed by atoms with Crippen LogP contribution in [-0.4, -0.2) is 47.6 Å². The van der Waals surface area contributed by atoms with E-state index in [1.807, 2.05) is 55.5 Å². The molecule has 0 aliphatic carbocycles. The predicted molar refractivity (Wildman–Crippen MR) is 176 cm³/mol. The lowest BCUT2D eigenvalue weighted by Crippen LogP contribution is -2.35. The number of nitrogens with zero attached hydrogens (tertiary/aromatic N) is 3. The monoisotopic (exact) mass is 630 g/mol. The maximum absolute atomic E-state index is 13.6. The Labute approximate surface area is 260 Å². The van der Waals surface area contributed by atoms with Crippen LogP contribution in [0.1, 0.15) is 47.1 Å². The standard InChI is InChI=1S/C33H34N4O3S3/c1-4-37(20-23-10-6-5-7-11-23)43(39,40)25-16-14-24(15-17-25)31(38)35-33-30(32-34-27-12-8-9-13-28(27)41-32)26-18-19-36(22(2)3)21-29(26)42-33/h5-17,22H,4,18-21H2,1-3H3,(H,35,38). The zero-order valence-electron chi connectivity index (χ0n) is 24.4. The minimum absolute atomic E-state index is 0.164. The Hall–Kier alpha value is -3.41. The zero-order valence-corrected chi connectivity index (χ0v) is 26.9. The Bertz CT molecular complexity index is 1830. The second kappa shape index (κ2) is 12.3. The zero-order chi connectivity index (χ0) is 30.1. The van der Waals surface area contributed by atoms with Gasteiger partial charge in [0.2, 0.25) is 10.0 Å². The van der Waals surface area contributed by atoms with Crippen LogP contribution in [0.5, 0.6) is 0 Å². The Kier molecular flexibility index (Phi) is 8.48. The van der Waals surface area contributed by atoms with Gasteiger partial charge in [0.1, 0.15) is 10.0 Å². The van der Waals surface area contributed by atoms with Crippen LogP contribution in [0.3, 0.4) is 0 Å². The van der Waals surface area contributed by atoms with Gasteiger partial charge in [-0.2, -0.15) is 4.31 Å². The lowest BCUT2D eigenvalue weighted by molar-refractivity contribution is 0.102. The van der Waals surface area contributed by atoms with Crippen molar-refractivity contribution in [3.05, 3.63) is 100 Å². The summed E-state index contributed by atoms with van der Waals surface area (Å²) in [7, 11) is -3.73. The average Bonchev–Trinajstić information content (AvgIpc) is 3.60. The fourth-order valence-electron chi connectivity index (χ4n) is 5.41. The number of aromatic nitrogens is 1. The van der Waals surface area contributed by atoms with E-state index >= 15 is 0 Å². The number of anilines is 1. The first kappa shape index (κ1) is 29.7. The largest absolute Gasteiger partial charge is 0.313 e. The SMILES string of the molecule is CCN(Cc1ccccc1)S(=O)(=O)c1ccc(C(=O)Nc2sc3c(c2-c2nc4ccccc4s2)CCN(C(C)C)C3)cc1. The van der Waals surface area contributed by atoms with Crippen molar-refractivity contribution < 1.29 is 13.2 Å². The van der Waals surface area contributed by atoms with E-state index in [-0.39, 0.29) is 17.3 Å². The van der Waals surface area contributed by atoms with Crippen molar-refractivity contribution in [3.8, 4) is 10.6 Å². The molecule has 43 heavy (non-hydrogen) atoms. The molecule has 3 heterocycles. The van der Waals surface area contributed by atoms with Crippen molar-refractivity contribution in [2.24, 2.45) is 0 Å². The summed E-state index contributed by atoms with van der Waals surface area (Å²) in [5.74, 6) is -0.276. The van der Waals surface area contributed by atoms with Gasteiger partial charge in [-0.25, -0.2) is 13.4 Å². The first-order valence-corrected chi connectivity index (χ1v) is 17.5. The third-order valence-electron chi connectivity index (χ3n) is 7.86. The summed E-state index contributed by atoms with van der Waals surface area (Å²) in [6.45, 7) is 8.67. The van der Waals surface area contributed by atoms with Gasteiger partial charge in [-0.1, -0.05) is 49.4 Å². The minimum atomic E-state index is -3.73. The fourth-order valence-corrected chi connectivity index (χ4v) is 9.23. The summed E-state index contributed by atoms with van der Waals surface area (Å²) in [5.41, 5.74) is 4.54. The molecule has 0 bridgehead atoms. The molecule has 0 fully saturated rings. The predicted octanol–water partition coefficient (Wildman–Crippen LogP) is 7.25. The van der Waals surface area contributed by atoms with Gasteiger partial charge in [0, 0.05) is 48.2 Å². The number of thiophene rings is 1. The maximum Gasteiger partial charge on any atom is 0.256 e. The van der Waals surface area contributed by atoms with Crippen LogP contribution < -0.4 is 5.32 Å². The molecule has 6 rings (SSSR count). The van der Waals surface area contributed by atoms with Gasteiger partial charge in [0.15, 0.2) is 0 Å². The molecule has 7 nitrogen and oxygen atoms in total. The topological polar surface area (TPSA) is 82.6 Å². The van der Waals surface area contributed by atoms with E-state index < -0.39 is 10.0 Å². The number of fused-ring (bicyclic) bond motifs is 2. The number of thiazole rings is 1. The van der Waals surface area contributed by atoms with Crippen molar-refractivity contribution in [1.82, 2.24) is 14.2 Å². The van der Waals surface area contributed by atoms with Gasteiger partial charge in [-0.3, -0.25) is 9.69 Å². The summed E-state index contributed by atoms with van der Waals surface area (Å²) in [6.07, 6.45) is 0.897. The van der Waals surface area contributed by atoms with Crippen LogP contribution in [0.25, 0.3) is 20.8 Å². The van der Waals surface area contributed by atoms with Gasteiger partial charge in [-0.05, 0) is 67.8 Å². The van der Waals surface area contributed by atoms with Crippen LogP contribution in [-0.2, 0) is 29.5 Å². The molecule has 2 aromatic heterocycles. The van der Waals surface area contributed by atoms with E-state index in [0.717, 1.165) is 50.9 Å². The molecule has 1 aliphatic heterocycles. The molecule has 1 N–H and O–H groups in total. The number of amides is 1. The molecular weight excluding hydrogens is 597 g/mol. The fraction of sp³-hybridized carbons (Fsp3) is 0.273. The number of benzene rings is 3. The van der Waals surface area contributed by atoms with Crippen molar-refractivity contribution >= 4 is 53.8 Å². The molecule has 0 spiro atoms. The average molecular weight is 631 g/mol. The van der Waals surface area contributed by atoms with Crippen LogP contribution >= 0.6 is 22.7 Å². The van der Waals surface area contributed by atoms with Crippen LogP contribution in [0, 0.1) is 0 Å². The molecule has 1 amide bonds. The molecule has 10 heteroatoms. The molecular formula is C33H34N4O3S3. The van der Waals surface area contributed by atoms with Crippen LogP contribution in [0.2, 0.25) is 0 Å². The Morgan fingerprint density at radius 2 is 1.72 bits per heavy atom. The van der Waals surface area contributed by atoms with Crippen molar-refractivity contribution in [3.63, 3.8) is 0 Å². The van der Waals surface area contributed by atoms with Crippen LogP contribution in [0.4, 0.5) is 5.00 Å². The summed E-state index contributed by atoms with van der Waals surface area (Å²) in [4.78, 5) is 22.4. The highest BCUT2D eigenvalue weighted by Crippen LogP contribution is 2.46. The highest BCUT2D eigenvalue weighted by atomic mass is 32.2. The van der Waals surface area contributed by atoms with E-state index in [1.54, 1.807) is 34.8 Å². The number of sulfonamides is 1. The molecule has 1 aliphatic rings. The maximum atomic E-state index is 13.6. The van der Waals surface area contributed by atoms with Gasteiger partial charge in [-0.15, -0.1) is 22.7 Å². The quantitative estimate of drug-likeness (QED) is 0.186. The van der Waals surface area contributed by atoms with Crippen molar-refractivity contribution in [2.45, 2.75) is 51.2 Å². The summed E-state index contributed by atoms with van der Waals surface area (Å²) in [5, 5.41) is 4.86. The first-order valence-electron chi connectivity index (χ1n) is 14.4. The smallest absolute Gasteiger partial charge is 0.256 e. The van der Waals surface area contributed by atoms with Crippen molar-refractivity contribution in [1.29, 1.82) is 0 Å².